The molecule has 0 spiro atoms. The highest BCUT2D eigenvalue weighted by Gasteiger charge is 2.21. The molecule has 0 bridgehead atoms. The molecule has 0 amide bonds. The fraction of sp³-hybridized carbons (Fsp3) is 0.667. The topological polar surface area (TPSA) is 80.8 Å². The molecule has 0 aliphatic carbocycles. The molecule has 2 aromatic rings. The van der Waals surface area contributed by atoms with E-state index in [0.717, 1.165) is 49.0 Å². The molecule has 22 heavy (non-hydrogen) atoms. The average Bonchev–Trinajstić information content (AvgIpc) is 2.99. The van der Waals surface area contributed by atoms with Gasteiger partial charge >= 0.3 is 0 Å². The Morgan fingerprint density at radius 2 is 2.09 bits per heavy atom. The zero-order valence-electron chi connectivity index (χ0n) is 13.5. The van der Waals surface area contributed by atoms with Crippen molar-refractivity contribution in [3.05, 3.63) is 28.6 Å². The number of nitrogens with zero attached hydrogens (tertiary/aromatic N) is 5. The number of aromatic nitrogens is 5. The van der Waals surface area contributed by atoms with E-state index in [1.54, 1.807) is 0 Å². The van der Waals surface area contributed by atoms with E-state index in [1.165, 1.54) is 5.56 Å². The normalized spacial score (nSPS) is 17.7. The van der Waals surface area contributed by atoms with Crippen LogP contribution in [0.2, 0.25) is 0 Å². The second kappa shape index (κ2) is 6.18. The lowest BCUT2D eigenvalue weighted by Crippen LogP contribution is -2.37. The Morgan fingerprint density at radius 1 is 1.27 bits per heavy atom. The molecule has 0 aromatic carbocycles. The Labute approximate surface area is 130 Å². The van der Waals surface area contributed by atoms with E-state index in [4.69, 9.17) is 5.11 Å². The van der Waals surface area contributed by atoms with Crippen LogP contribution in [-0.4, -0.2) is 42.3 Å². The predicted octanol–water partition coefficient (Wildman–Crippen LogP) is 0.497. The number of hydrogen-bond acceptors (Lipinski definition) is 5. The molecule has 3 heterocycles. The lowest BCUT2D eigenvalue weighted by atomic mass is 10.1. The summed E-state index contributed by atoms with van der Waals surface area (Å²) in [6, 6.07) is 0.433. The molecule has 0 fully saturated rings. The highest BCUT2D eigenvalue weighted by atomic mass is 16.3. The molecule has 0 saturated carbocycles. The third kappa shape index (κ3) is 2.78. The molecule has 2 aromatic heterocycles. The van der Waals surface area contributed by atoms with Gasteiger partial charge in [0.25, 0.3) is 0 Å². The number of aliphatic hydroxyl groups excluding tert-OH is 1. The predicted molar refractivity (Wildman–Crippen MR) is 82.5 cm³/mol. The minimum atomic E-state index is 0.118. The minimum absolute atomic E-state index is 0.118. The fourth-order valence-corrected chi connectivity index (χ4v) is 3.18. The number of aryl methyl sites for hydroxylation is 3. The van der Waals surface area contributed by atoms with Gasteiger partial charge in [0, 0.05) is 36.8 Å². The largest absolute Gasteiger partial charge is 0.394 e. The molecular formula is C15H24N6O. The van der Waals surface area contributed by atoms with E-state index in [2.05, 4.69) is 32.1 Å². The van der Waals surface area contributed by atoms with Crippen molar-refractivity contribution in [2.75, 3.05) is 6.61 Å². The van der Waals surface area contributed by atoms with Crippen LogP contribution in [0.25, 0.3) is 0 Å². The minimum Gasteiger partial charge on any atom is -0.394 e. The first-order valence-electron chi connectivity index (χ1n) is 7.86. The Balaban J connectivity index is 1.65. The molecule has 7 heteroatoms. The van der Waals surface area contributed by atoms with Gasteiger partial charge in [-0.1, -0.05) is 0 Å². The Bertz CT molecular complexity index is 659. The van der Waals surface area contributed by atoms with Gasteiger partial charge in [0.2, 0.25) is 0 Å². The molecule has 1 aliphatic rings. The highest BCUT2D eigenvalue weighted by molar-refractivity contribution is 5.24. The molecule has 1 atom stereocenters. The van der Waals surface area contributed by atoms with E-state index in [-0.39, 0.29) is 6.61 Å². The summed E-state index contributed by atoms with van der Waals surface area (Å²) in [4.78, 5) is 0. The van der Waals surface area contributed by atoms with Crippen LogP contribution in [-0.2, 0) is 26.1 Å². The number of fused-ring (bicyclic) bond motifs is 1. The van der Waals surface area contributed by atoms with Crippen molar-refractivity contribution >= 4 is 0 Å². The van der Waals surface area contributed by atoms with Crippen molar-refractivity contribution in [2.24, 2.45) is 0 Å². The quantitative estimate of drug-likeness (QED) is 0.840. The van der Waals surface area contributed by atoms with Crippen LogP contribution >= 0.6 is 0 Å². The van der Waals surface area contributed by atoms with Gasteiger partial charge < -0.3 is 15.0 Å². The lowest BCUT2D eigenvalue weighted by molar-refractivity contribution is 0.267. The number of nitrogens with one attached hydrogen (secondary N) is 1. The summed E-state index contributed by atoms with van der Waals surface area (Å²) in [5.74, 6) is 2.09. The highest BCUT2D eigenvalue weighted by Crippen LogP contribution is 2.17. The van der Waals surface area contributed by atoms with Crippen LogP contribution in [0.15, 0.2) is 0 Å². The third-order valence-corrected chi connectivity index (χ3v) is 4.54. The fourth-order valence-electron chi connectivity index (χ4n) is 3.18. The summed E-state index contributed by atoms with van der Waals surface area (Å²) in [6.07, 6.45) is 2.06. The Morgan fingerprint density at radius 3 is 2.86 bits per heavy atom. The summed E-state index contributed by atoms with van der Waals surface area (Å²) in [5, 5.41) is 25.6. The molecule has 7 nitrogen and oxygen atoms in total. The van der Waals surface area contributed by atoms with Crippen molar-refractivity contribution in [3.63, 3.8) is 0 Å². The molecule has 3 rings (SSSR count). The summed E-state index contributed by atoms with van der Waals surface area (Å²) in [6.45, 7) is 8.51. The van der Waals surface area contributed by atoms with Crippen LogP contribution in [0.3, 0.4) is 0 Å². The van der Waals surface area contributed by atoms with Gasteiger partial charge in [-0.2, -0.15) is 5.10 Å². The summed E-state index contributed by atoms with van der Waals surface area (Å²) in [7, 11) is 0. The summed E-state index contributed by atoms with van der Waals surface area (Å²) in [5.41, 5.74) is 3.41. The summed E-state index contributed by atoms with van der Waals surface area (Å²) >= 11 is 0. The number of aliphatic hydroxyl groups is 1. The van der Waals surface area contributed by atoms with Crippen molar-refractivity contribution < 1.29 is 5.11 Å². The van der Waals surface area contributed by atoms with Crippen molar-refractivity contribution in [1.29, 1.82) is 0 Å². The Kier molecular flexibility index (Phi) is 4.26. The molecule has 2 N–H and O–H groups in total. The maximum Gasteiger partial charge on any atom is 0.133 e. The van der Waals surface area contributed by atoms with Crippen LogP contribution in [0.1, 0.15) is 35.0 Å². The van der Waals surface area contributed by atoms with E-state index >= 15 is 0 Å². The SMILES string of the molecule is Cc1nn(CCO)c(C)c1CN[C@@H]1CCc2nnc(C)n2C1. The Hall–Kier alpha value is -1.73. The zero-order valence-corrected chi connectivity index (χ0v) is 13.5. The molecule has 1 aliphatic heterocycles. The van der Waals surface area contributed by atoms with E-state index in [1.807, 2.05) is 18.5 Å². The van der Waals surface area contributed by atoms with Crippen LogP contribution in [0, 0.1) is 20.8 Å². The maximum atomic E-state index is 9.09. The van der Waals surface area contributed by atoms with Gasteiger partial charge in [-0.05, 0) is 27.2 Å². The van der Waals surface area contributed by atoms with Crippen LogP contribution in [0.4, 0.5) is 0 Å². The van der Waals surface area contributed by atoms with Crippen molar-refractivity contribution in [2.45, 2.75) is 59.3 Å². The second-order valence-corrected chi connectivity index (χ2v) is 5.99. The van der Waals surface area contributed by atoms with Gasteiger partial charge in [0.1, 0.15) is 11.6 Å². The van der Waals surface area contributed by atoms with Gasteiger partial charge in [-0.15, -0.1) is 10.2 Å². The summed E-state index contributed by atoms with van der Waals surface area (Å²) < 4.78 is 4.09. The smallest absolute Gasteiger partial charge is 0.133 e. The van der Waals surface area contributed by atoms with Crippen LogP contribution in [0.5, 0.6) is 0 Å². The van der Waals surface area contributed by atoms with Gasteiger partial charge in [0.15, 0.2) is 0 Å². The van der Waals surface area contributed by atoms with Gasteiger partial charge in [0.05, 0.1) is 18.8 Å². The second-order valence-electron chi connectivity index (χ2n) is 5.99. The molecule has 0 radical (unpaired) electrons. The first-order valence-corrected chi connectivity index (χ1v) is 7.86. The number of hydrogen-bond donors (Lipinski definition) is 2. The molecule has 0 unspecified atom stereocenters. The number of rotatable bonds is 5. The van der Waals surface area contributed by atoms with Gasteiger partial charge in [-0.3, -0.25) is 4.68 Å². The van der Waals surface area contributed by atoms with Crippen molar-refractivity contribution in [1.82, 2.24) is 29.9 Å². The standard InChI is InChI=1S/C15H24N6O/c1-10-14(11(2)21(19-10)6-7-22)8-16-13-4-5-15-18-17-12(3)20(15)9-13/h13,16,22H,4-9H2,1-3H3/t13-/m1/s1. The van der Waals surface area contributed by atoms with Crippen molar-refractivity contribution in [3.8, 4) is 0 Å². The molecular weight excluding hydrogens is 280 g/mol. The first kappa shape index (κ1) is 15.2. The van der Waals surface area contributed by atoms with Crippen LogP contribution < -0.4 is 5.32 Å². The van der Waals surface area contributed by atoms with Gasteiger partial charge in [-0.25, -0.2) is 0 Å². The molecule has 120 valence electrons. The third-order valence-electron chi connectivity index (χ3n) is 4.54. The zero-order chi connectivity index (χ0) is 15.7. The molecule has 0 saturated heterocycles. The maximum absolute atomic E-state index is 9.09. The van der Waals surface area contributed by atoms with E-state index in [9.17, 15) is 0 Å². The monoisotopic (exact) mass is 304 g/mol. The first-order chi connectivity index (χ1) is 10.6. The van der Waals surface area contributed by atoms with E-state index in [0.29, 0.717) is 12.6 Å². The average molecular weight is 304 g/mol. The lowest BCUT2D eigenvalue weighted by Gasteiger charge is -2.25. The van der Waals surface area contributed by atoms with E-state index < -0.39 is 0 Å².